The molecular formula is C11H14FNO2. The summed E-state index contributed by atoms with van der Waals surface area (Å²) in [4.78, 5) is 0. The molecule has 0 bridgehead atoms. The summed E-state index contributed by atoms with van der Waals surface area (Å²) < 4.78 is 23.9. The van der Waals surface area contributed by atoms with Crippen molar-refractivity contribution >= 4 is 0 Å². The molecule has 3 nitrogen and oxygen atoms in total. The number of halogens is 1. The van der Waals surface area contributed by atoms with E-state index in [0.717, 1.165) is 5.56 Å². The van der Waals surface area contributed by atoms with E-state index >= 15 is 0 Å². The highest BCUT2D eigenvalue weighted by Crippen LogP contribution is 2.30. The standard InChI is InChI=1S/C11H14FNO2/c1-7-13-6-11(15-7)9-5-8(12)3-4-10(9)14-2/h3-5,7,11,13H,6H2,1-2H3. The van der Waals surface area contributed by atoms with E-state index in [2.05, 4.69) is 5.32 Å². The average molecular weight is 211 g/mol. The number of hydrogen-bond acceptors (Lipinski definition) is 3. The molecule has 1 fully saturated rings. The van der Waals surface area contributed by atoms with Gasteiger partial charge in [0.05, 0.1) is 7.11 Å². The lowest BCUT2D eigenvalue weighted by atomic mass is 10.1. The smallest absolute Gasteiger partial charge is 0.124 e. The number of methoxy groups -OCH3 is 1. The second-order valence-electron chi connectivity index (χ2n) is 3.56. The van der Waals surface area contributed by atoms with Crippen LogP contribution in [0.1, 0.15) is 18.6 Å². The number of ether oxygens (including phenoxy) is 2. The summed E-state index contributed by atoms with van der Waals surface area (Å²) in [5, 5.41) is 3.14. The molecule has 2 atom stereocenters. The van der Waals surface area contributed by atoms with Gasteiger partial charge in [0.25, 0.3) is 0 Å². The number of benzene rings is 1. The number of rotatable bonds is 2. The zero-order valence-corrected chi connectivity index (χ0v) is 8.79. The summed E-state index contributed by atoms with van der Waals surface area (Å²) in [6.07, 6.45) is -0.131. The molecule has 1 aliphatic heterocycles. The second kappa shape index (κ2) is 4.16. The van der Waals surface area contributed by atoms with Crippen molar-refractivity contribution in [3.63, 3.8) is 0 Å². The Labute approximate surface area is 88.2 Å². The van der Waals surface area contributed by atoms with E-state index in [1.54, 1.807) is 13.2 Å². The third-order valence-electron chi connectivity index (χ3n) is 2.50. The Kier molecular flexibility index (Phi) is 2.88. The minimum absolute atomic E-state index is 0.00275. The molecular weight excluding hydrogens is 197 g/mol. The van der Waals surface area contributed by atoms with E-state index in [1.807, 2.05) is 6.92 Å². The van der Waals surface area contributed by atoms with Gasteiger partial charge in [0.1, 0.15) is 23.9 Å². The van der Waals surface area contributed by atoms with E-state index in [1.165, 1.54) is 12.1 Å². The molecule has 0 aromatic heterocycles. The predicted molar refractivity (Wildman–Crippen MR) is 54.2 cm³/mol. The maximum Gasteiger partial charge on any atom is 0.124 e. The molecule has 1 heterocycles. The van der Waals surface area contributed by atoms with Crippen LogP contribution in [0.15, 0.2) is 18.2 Å². The fraction of sp³-hybridized carbons (Fsp3) is 0.455. The Balaban J connectivity index is 2.29. The lowest BCUT2D eigenvalue weighted by Gasteiger charge is -2.14. The van der Waals surface area contributed by atoms with Crippen LogP contribution in [0.2, 0.25) is 0 Å². The maximum atomic E-state index is 13.1. The molecule has 0 spiro atoms. The molecule has 1 aliphatic rings. The van der Waals surface area contributed by atoms with Gasteiger partial charge in [-0.05, 0) is 25.1 Å². The molecule has 82 valence electrons. The SMILES string of the molecule is COc1ccc(F)cc1C1CNC(C)O1. The topological polar surface area (TPSA) is 30.5 Å². The van der Waals surface area contributed by atoms with Gasteiger partial charge in [-0.3, -0.25) is 5.32 Å². The van der Waals surface area contributed by atoms with Crippen molar-refractivity contribution in [1.29, 1.82) is 0 Å². The zero-order chi connectivity index (χ0) is 10.8. The molecule has 1 N–H and O–H groups in total. The van der Waals surface area contributed by atoms with Crippen molar-refractivity contribution < 1.29 is 13.9 Å². The van der Waals surface area contributed by atoms with Crippen molar-refractivity contribution in [2.24, 2.45) is 0 Å². The van der Waals surface area contributed by atoms with Crippen LogP contribution in [0.3, 0.4) is 0 Å². The monoisotopic (exact) mass is 211 g/mol. The Morgan fingerprint density at radius 1 is 1.53 bits per heavy atom. The van der Waals surface area contributed by atoms with Gasteiger partial charge in [0.2, 0.25) is 0 Å². The van der Waals surface area contributed by atoms with Crippen LogP contribution in [0.5, 0.6) is 5.75 Å². The van der Waals surface area contributed by atoms with Crippen LogP contribution >= 0.6 is 0 Å². The molecule has 1 saturated heterocycles. The third kappa shape index (κ3) is 2.11. The van der Waals surface area contributed by atoms with E-state index in [0.29, 0.717) is 12.3 Å². The first kappa shape index (κ1) is 10.4. The molecule has 0 radical (unpaired) electrons. The molecule has 2 rings (SSSR count). The minimum Gasteiger partial charge on any atom is -0.496 e. The third-order valence-corrected chi connectivity index (χ3v) is 2.50. The second-order valence-corrected chi connectivity index (χ2v) is 3.56. The zero-order valence-electron chi connectivity index (χ0n) is 8.79. The molecule has 0 aliphatic carbocycles. The summed E-state index contributed by atoms with van der Waals surface area (Å²) >= 11 is 0. The number of nitrogens with one attached hydrogen (secondary N) is 1. The first-order valence-corrected chi connectivity index (χ1v) is 4.93. The largest absolute Gasteiger partial charge is 0.496 e. The predicted octanol–water partition coefficient (Wildman–Crippen LogP) is 1.84. The quantitative estimate of drug-likeness (QED) is 0.809. The van der Waals surface area contributed by atoms with Crippen molar-refractivity contribution in [2.45, 2.75) is 19.3 Å². The van der Waals surface area contributed by atoms with Gasteiger partial charge in [-0.2, -0.15) is 0 Å². The first-order valence-electron chi connectivity index (χ1n) is 4.93. The van der Waals surface area contributed by atoms with E-state index in [4.69, 9.17) is 9.47 Å². The van der Waals surface area contributed by atoms with Crippen LogP contribution in [0, 0.1) is 5.82 Å². The lowest BCUT2D eigenvalue weighted by molar-refractivity contribution is 0.0514. The lowest BCUT2D eigenvalue weighted by Crippen LogP contribution is -2.17. The number of hydrogen-bond donors (Lipinski definition) is 1. The van der Waals surface area contributed by atoms with Crippen LogP contribution < -0.4 is 10.1 Å². The average Bonchev–Trinajstić information content (AvgIpc) is 2.65. The summed E-state index contributed by atoms with van der Waals surface area (Å²) in [5.41, 5.74) is 0.759. The normalized spacial score (nSPS) is 25.5. The Hall–Kier alpha value is -1.13. The molecule has 4 heteroatoms. The molecule has 0 saturated carbocycles. The van der Waals surface area contributed by atoms with Gasteiger partial charge < -0.3 is 9.47 Å². The van der Waals surface area contributed by atoms with Crippen molar-refractivity contribution in [3.05, 3.63) is 29.6 Å². The minimum atomic E-state index is -0.269. The Morgan fingerprint density at radius 2 is 2.33 bits per heavy atom. The van der Waals surface area contributed by atoms with Crippen LogP contribution in [0.25, 0.3) is 0 Å². The van der Waals surface area contributed by atoms with E-state index < -0.39 is 0 Å². The summed E-state index contributed by atoms with van der Waals surface area (Å²) in [5.74, 6) is 0.395. The highest BCUT2D eigenvalue weighted by atomic mass is 19.1. The van der Waals surface area contributed by atoms with Crippen LogP contribution in [-0.2, 0) is 4.74 Å². The highest BCUT2D eigenvalue weighted by Gasteiger charge is 2.25. The first-order chi connectivity index (χ1) is 7.20. The molecule has 1 aromatic rings. The van der Waals surface area contributed by atoms with Gasteiger partial charge in [-0.1, -0.05) is 0 Å². The van der Waals surface area contributed by atoms with Crippen molar-refractivity contribution in [3.8, 4) is 5.75 Å². The van der Waals surface area contributed by atoms with Crippen molar-refractivity contribution in [1.82, 2.24) is 5.32 Å². The van der Waals surface area contributed by atoms with Crippen LogP contribution in [0.4, 0.5) is 4.39 Å². The van der Waals surface area contributed by atoms with Gasteiger partial charge in [0.15, 0.2) is 0 Å². The Morgan fingerprint density at radius 3 is 2.93 bits per heavy atom. The fourth-order valence-electron chi connectivity index (χ4n) is 1.76. The molecule has 15 heavy (non-hydrogen) atoms. The maximum absolute atomic E-state index is 13.1. The van der Waals surface area contributed by atoms with Gasteiger partial charge in [-0.25, -0.2) is 4.39 Å². The molecule has 2 unspecified atom stereocenters. The van der Waals surface area contributed by atoms with Crippen LogP contribution in [-0.4, -0.2) is 19.9 Å². The molecule has 1 aromatic carbocycles. The van der Waals surface area contributed by atoms with Gasteiger partial charge in [0, 0.05) is 12.1 Å². The Bertz CT molecular complexity index is 356. The summed E-state index contributed by atoms with van der Waals surface area (Å²) in [6, 6.07) is 4.47. The highest BCUT2D eigenvalue weighted by molar-refractivity contribution is 5.36. The summed E-state index contributed by atoms with van der Waals surface area (Å²) in [6.45, 7) is 2.60. The van der Waals surface area contributed by atoms with Gasteiger partial charge in [-0.15, -0.1) is 0 Å². The summed E-state index contributed by atoms with van der Waals surface area (Å²) in [7, 11) is 1.57. The van der Waals surface area contributed by atoms with E-state index in [-0.39, 0.29) is 18.1 Å². The van der Waals surface area contributed by atoms with Gasteiger partial charge >= 0.3 is 0 Å². The fourth-order valence-corrected chi connectivity index (χ4v) is 1.76. The van der Waals surface area contributed by atoms with E-state index in [9.17, 15) is 4.39 Å². The van der Waals surface area contributed by atoms with Crippen molar-refractivity contribution in [2.75, 3.05) is 13.7 Å². The molecule has 0 amide bonds.